The van der Waals surface area contributed by atoms with E-state index in [0.717, 1.165) is 48.7 Å². The molecule has 0 bridgehead atoms. The molecule has 2 aliphatic rings. The molecule has 0 aromatic carbocycles. The zero-order chi connectivity index (χ0) is 17.3. The average Bonchev–Trinajstić information content (AvgIpc) is 2.87. The average molecular weight is 360 g/mol. The van der Waals surface area contributed by atoms with Crippen LogP contribution >= 0.6 is 0 Å². The molecule has 25 heavy (non-hydrogen) atoms. The van der Waals surface area contributed by atoms with Crippen LogP contribution in [-0.4, -0.2) is 53.2 Å². The molecule has 0 amide bonds. The summed E-state index contributed by atoms with van der Waals surface area (Å²) in [4.78, 5) is 7.52. The molecular weight excluding hydrogens is 336 g/mol. The third kappa shape index (κ3) is 3.23. The highest BCUT2D eigenvalue weighted by Gasteiger charge is 2.31. The third-order valence-electron chi connectivity index (χ3n) is 5.19. The molecule has 0 spiro atoms. The number of pyridine rings is 1. The first-order valence-corrected chi connectivity index (χ1v) is 10.4. The van der Waals surface area contributed by atoms with Gasteiger partial charge < -0.3 is 4.98 Å². The second-order valence-electron chi connectivity index (χ2n) is 6.76. The number of fused-ring (bicyclic) bond motifs is 1. The molecule has 4 rings (SSSR count). The van der Waals surface area contributed by atoms with Crippen molar-refractivity contribution in [2.75, 3.05) is 26.2 Å². The maximum absolute atomic E-state index is 12.9. The number of aromatic nitrogens is 2. The Bertz CT molecular complexity index is 879. The van der Waals surface area contributed by atoms with E-state index in [9.17, 15) is 8.42 Å². The molecular formula is C18H24N4O2S. The molecule has 0 atom stereocenters. The second kappa shape index (κ2) is 6.90. The Morgan fingerprint density at radius 2 is 1.84 bits per heavy atom. The first-order valence-electron chi connectivity index (χ1n) is 9.03. The molecule has 7 heteroatoms. The SMILES string of the molecule is O=S(=O)(N1CC=C(c2c[nH]c3ncccc23)CC1)N1CCCCCC1. The minimum atomic E-state index is -3.34. The topological polar surface area (TPSA) is 69.3 Å². The highest BCUT2D eigenvalue weighted by molar-refractivity contribution is 7.86. The van der Waals surface area contributed by atoms with Crippen molar-refractivity contribution in [3.63, 3.8) is 0 Å². The van der Waals surface area contributed by atoms with Gasteiger partial charge in [-0.15, -0.1) is 0 Å². The van der Waals surface area contributed by atoms with Crippen LogP contribution in [0.2, 0.25) is 0 Å². The summed E-state index contributed by atoms with van der Waals surface area (Å²) in [5, 5.41) is 1.09. The molecule has 6 nitrogen and oxygen atoms in total. The first kappa shape index (κ1) is 16.8. The van der Waals surface area contributed by atoms with E-state index < -0.39 is 10.2 Å². The summed E-state index contributed by atoms with van der Waals surface area (Å²) in [7, 11) is -3.34. The van der Waals surface area contributed by atoms with Crippen LogP contribution in [0, 0.1) is 0 Å². The largest absolute Gasteiger partial charge is 0.346 e. The van der Waals surface area contributed by atoms with Gasteiger partial charge in [0.15, 0.2) is 0 Å². The fourth-order valence-electron chi connectivity index (χ4n) is 3.76. The molecule has 0 radical (unpaired) electrons. The number of nitrogens with one attached hydrogen (secondary N) is 1. The fourth-order valence-corrected chi connectivity index (χ4v) is 5.39. The molecule has 4 heterocycles. The van der Waals surface area contributed by atoms with E-state index in [4.69, 9.17) is 0 Å². The van der Waals surface area contributed by atoms with E-state index in [1.165, 1.54) is 5.57 Å². The van der Waals surface area contributed by atoms with Gasteiger partial charge >= 0.3 is 0 Å². The molecule has 1 N–H and O–H groups in total. The number of H-pyrrole nitrogens is 1. The summed E-state index contributed by atoms with van der Waals surface area (Å²) in [6.07, 6.45) is 10.7. The van der Waals surface area contributed by atoms with Crippen molar-refractivity contribution < 1.29 is 8.42 Å². The molecule has 0 aliphatic carbocycles. The van der Waals surface area contributed by atoms with Crippen LogP contribution in [0.15, 0.2) is 30.6 Å². The van der Waals surface area contributed by atoms with Crippen molar-refractivity contribution >= 4 is 26.8 Å². The lowest BCUT2D eigenvalue weighted by molar-refractivity contribution is 0.353. The van der Waals surface area contributed by atoms with Crippen molar-refractivity contribution in [1.82, 2.24) is 18.6 Å². The van der Waals surface area contributed by atoms with Gasteiger partial charge in [0.2, 0.25) is 0 Å². The highest BCUT2D eigenvalue weighted by atomic mass is 32.2. The van der Waals surface area contributed by atoms with Crippen LogP contribution in [0.5, 0.6) is 0 Å². The Balaban J connectivity index is 1.53. The number of hydrogen-bond donors (Lipinski definition) is 1. The Hall–Kier alpha value is -1.70. The van der Waals surface area contributed by atoms with E-state index in [1.807, 2.05) is 12.3 Å². The Kier molecular flexibility index (Phi) is 4.62. The molecule has 1 saturated heterocycles. The predicted octanol–water partition coefficient (Wildman–Crippen LogP) is 2.77. The second-order valence-corrected chi connectivity index (χ2v) is 8.69. The molecule has 2 aromatic rings. The van der Waals surface area contributed by atoms with Gasteiger partial charge in [-0.1, -0.05) is 18.9 Å². The van der Waals surface area contributed by atoms with Crippen LogP contribution in [0.25, 0.3) is 16.6 Å². The van der Waals surface area contributed by atoms with Crippen molar-refractivity contribution in [3.8, 4) is 0 Å². The summed E-state index contributed by atoms with van der Waals surface area (Å²) in [6.45, 7) is 2.30. The fraction of sp³-hybridized carbons (Fsp3) is 0.500. The van der Waals surface area contributed by atoms with Gasteiger partial charge in [-0.05, 0) is 37.0 Å². The van der Waals surface area contributed by atoms with Gasteiger partial charge in [-0.2, -0.15) is 17.0 Å². The zero-order valence-corrected chi connectivity index (χ0v) is 15.1. The minimum absolute atomic E-state index is 0.446. The van der Waals surface area contributed by atoms with Crippen LogP contribution in [0.4, 0.5) is 0 Å². The standard InChI is InChI=1S/C18H24N4O2S/c23-25(24,21-10-3-1-2-4-11-21)22-12-7-15(8-13-22)17-14-20-18-16(17)6-5-9-19-18/h5-7,9,14H,1-4,8,10-13H2,(H,19,20). The minimum Gasteiger partial charge on any atom is -0.346 e. The third-order valence-corrected chi connectivity index (χ3v) is 7.19. The molecule has 2 aromatic heterocycles. The van der Waals surface area contributed by atoms with E-state index in [0.29, 0.717) is 26.2 Å². The molecule has 0 saturated carbocycles. The van der Waals surface area contributed by atoms with E-state index in [1.54, 1.807) is 14.8 Å². The smallest absolute Gasteiger partial charge is 0.282 e. The predicted molar refractivity (Wildman–Crippen MR) is 99.2 cm³/mol. The van der Waals surface area contributed by atoms with Gasteiger partial charge in [0.05, 0.1) is 0 Å². The molecule has 2 aliphatic heterocycles. The summed E-state index contributed by atoms with van der Waals surface area (Å²) in [6, 6.07) is 3.98. The Morgan fingerprint density at radius 1 is 1.04 bits per heavy atom. The van der Waals surface area contributed by atoms with Crippen LogP contribution in [0.3, 0.4) is 0 Å². The number of aromatic amines is 1. The van der Waals surface area contributed by atoms with E-state index in [2.05, 4.69) is 22.1 Å². The van der Waals surface area contributed by atoms with E-state index in [-0.39, 0.29) is 0 Å². The summed E-state index contributed by atoms with van der Waals surface area (Å²) in [5.74, 6) is 0. The summed E-state index contributed by atoms with van der Waals surface area (Å²) >= 11 is 0. The zero-order valence-electron chi connectivity index (χ0n) is 14.3. The summed E-state index contributed by atoms with van der Waals surface area (Å²) in [5.41, 5.74) is 3.20. The van der Waals surface area contributed by atoms with Gasteiger partial charge in [0, 0.05) is 49.5 Å². The van der Waals surface area contributed by atoms with Crippen LogP contribution in [-0.2, 0) is 10.2 Å². The number of rotatable bonds is 3. The normalized spacial score (nSPS) is 21.2. The molecule has 134 valence electrons. The van der Waals surface area contributed by atoms with Crippen molar-refractivity contribution in [2.45, 2.75) is 32.1 Å². The summed E-state index contributed by atoms with van der Waals surface area (Å²) < 4.78 is 29.1. The van der Waals surface area contributed by atoms with Gasteiger partial charge in [0.1, 0.15) is 5.65 Å². The monoisotopic (exact) mass is 360 g/mol. The van der Waals surface area contributed by atoms with E-state index >= 15 is 0 Å². The van der Waals surface area contributed by atoms with Gasteiger partial charge in [-0.3, -0.25) is 0 Å². The Morgan fingerprint density at radius 3 is 2.56 bits per heavy atom. The van der Waals surface area contributed by atoms with Gasteiger partial charge in [-0.25, -0.2) is 4.98 Å². The lowest BCUT2D eigenvalue weighted by Gasteiger charge is -2.31. The lowest BCUT2D eigenvalue weighted by atomic mass is 10.0. The first-order chi connectivity index (χ1) is 12.2. The van der Waals surface area contributed by atoms with Crippen LogP contribution in [0.1, 0.15) is 37.7 Å². The highest BCUT2D eigenvalue weighted by Crippen LogP contribution is 2.29. The van der Waals surface area contributed by atoms with Crippen molar-refractivity contribution in [3.05, 3.63) is 36.2 Å². The lowest BCUT2D eigenvalue weighted by Crippen LogP contribution is -2.45. The van der Waals surface area contributed by atoms with Crippen molar-refractivity contribution in [1.29, 1.82) is 0 Å². The van der Waals surface area contributed by atoms with Gasteiger partial charge in [0.25, 0.3) is 10.2 Å². The molecule has 0 unspecified atom stereocenters. The molecule has 1 fully saturated rings. The van der Waals surface area contributed by atoms with Crippen LogP contribution < -0.4 is 0 Å². The van der Waals surface area contributed by atoms with Crippen molar-refractivity contribution in [2.24, 2.45) is 0 Å². The number of hydrogen-bond acceptors (Lipinski definition) is 3. The maximum Gasteiger partial charge on any atom is 0.282 e. The maximum atomic E-state index is 12.9. The number of nitrogens with zero attached hydrogens (tertiary/aromatic N) is 3. The Labute approximate surface area is 148 Å². The quantitative estimate of drug-likeness (QED) is 0.915.